The molecule has 6 heteroatoms. The zero-order chi connectivity index (χ0) is 16.2. The van der Waals surface area contributed by atoms with Crippen molar-refractivity contribution < 1.29 is 14.6 Å². The minimum Gasteiger partial charge on any atom is -0.505 e. The fourth-order valence-electron chi connectivity index (χ4n) is 2.84. The molecule has 0 spiro atoms. The summed E-state index contributed by atoms with van der Waals surface area (Å²) in [6, 6.07) is 7.71. The number of fused-ring (bicyclic) bond motifs is 1. The second kappa shape index (κ2) is 6.83. The van der Waals surface area contributed by atoms with Gasteiger partial charge in [0.25, 0.3) is 0 Å². The molecule has 6 nitrogen and oxygen atoms in total. The third kappa shape index (κ3) is 3.37. The van der Waals surface area contributed by atoms with Gasteiger partial charge in [0.15, 0.2) is 0 Å². The summed E-state index contributed by atoms with van der Waals surface area (Å²) in [5.41, 5.74) is 1.50. The normalized spacial score (nSPS) is 15.8. The van der Waals surface area contributed by atoms with Gasteiger partial charge in [-0.05, 0) is 13.0 Å². The number of carbonyl (C=O) groups is 1. The summed E-state index contributed by atoms with van der Waals surface area (Å²) in [5.74, 6) is 0.246. The smallest absolute Gasteiger partial charge is 0.409 e. The molecule has 0 atom stereocenters. The predicted octanol–water partition coefficient (Wildman–Crippen LogP) is 2.21. The Morgan fingerprint density at radius 1 is 1.26 bits per heavy atom. The first-order valence-electron chi connectivity index (χ1n) is 7.88. The van der Waals surface area contributed by atoms with Gasteiger partial charge in [-0.15, -0.1) is 0 Å². The first-order valence-corrected chi connectivity index (χ1v) is 7.88. The highest BCUT2D eigenvalue weighted by Crippen LogP contribution is 2.27. The van der Waals surface area contributed by atoms with Crippen LogP contribution in [0, 0.1) is 0 Å². The van der Waals surface area contributed by atoms with E-state index in [1.807, 2.05) is 31.2 Å². The van der Waals surface area contributed by atoms with Crippen molar-refractivity contribution in [1.29, 1.82) is 0 Å². The van der Waals surface area contributed by atoms with Gasteiger partial charge in [-0.2, -0.15) is 0 Å². The molecule has 0 saturated carbocycles. The number of benzene rings is 1. The van der Waals surface area contributed by atoms with E-state index in [0.717, 1.165) is 24.0 Å². The number of piperazine rings is 1. The topological polar surface area (TPSA) is 65.9 Å². The lowest BCUT2D eigenvalue weighted by molar-refractivity contribution is 0.0776. The van der Waals surface area contributed by atoms with Crippen LogP contribution in [-0.4, -0.2) is 58.8 Å². The van der Waals surface area contributed by atoms with E-state index < -0.39 is 0 Å². The highest BCUT2D eigenvalue weighted by molar-refractivity contribution is 5.85. The summed E-state index contributed by atoms with van der Waals surface area (Å²) < 4.78 is 5.02. The van der Waals surface area contributed by atoms with Crippen molar-refractivity contribution in [3.05, 3.63) is 36.0 Å². The van der Waals surface area contributed by atoms with E-state index >= 15 is 0 Å². The summed E-state index contributed by atoms with van der Waals surface area (Å²) in [6.07, 6.45) is 1.44. The average Bonchev–Trinajstić information content (AvgIpc) is 2.58. The molecule has 1 saturated heterocycles. The maximum Gasteiger partial charge on any atom is 0.409 e. The van der Waals surface area contributed by atoms with E-state index in [1.54, 1.807) is 11.1 Å². The van der Waals surface area contributed by atoms with Crippen LogP contribution in [0.15, 0.2) is 30.5 Å². The lowest BCUT2D eigenvalue weighted by Crippen LogP contribution is -2.48. The molecule has 122 valence electrons. The van der Waals surface area contributed by atoms with Crippen LogP contribution in [0.4, 0.5) is 4.79 Å². The quantitative estimate of drug-likeness (QED) is 0.941. The second-order valence-corrected chi connectivity index (χ2v) is 5.61. The zero-order valence-corrected chi connectivity index (χ0v) is 13.2. The SMILES string of the molecule is CCOC(=O)N1CCN(Cc2ccc3cccnc3c2O)CC1. The molecule has 2 aromatic rings. The van der Waals surface area contributed by atoms with Gasteiger partial charge in [0.2, 0.25) is 0 Å². The van der Waals surface area contributed by atoms with E-state index in [0.29, 0.717) is 31.8 Å². The number of amides is 1. The van der Waals surface area contributed by atoms with Crippen molar-refractivity contribution >= 4 is 17.0 Å². The summed E-state index contributed by atoms with van der Waals surface area (Å²) in [5, 5.41) is 11.3. The molecule has 1 amide bonds. The average molecular weight is 315 g/mol. The maximum absolute atomic E-state index is 11.7. The Bertz CT molecular complexity index is 697. The van der Waals surface area contributed by atoms with E-state index in [1.165, 1.54) is 0 Å². The molecule has 0 aliphatic carbocycles. The second-order valence-electron chi connectivity index (χ2n) is 5.61. The van der Waals surface area contributed by atoms with Gasteiger partial charge in [0.1, 0.15) is 11.3 Å². The molecule has 1 aliphatic rings. The number of aromatic hydroxyl groups is 1. The third-order valence-electron chi connectivity index (χ3n) is 4.12. The molecule has 1 aliphatic heterocycles. The molecule has 1 aromatic carbocycles. The predicted molar refractivity (Wildman–Crippen MR) is 87.3 cm³/mol. The van der Waals surface area contributed by atoms with Crippen LogP contribution < -0.4 is 0 Å². The van der Waals surface area contributed by atoms with Gasteiger partial charge in [0, 0.05) is 49.9 Å². The fraction of sp³-hybridized carbons (Fsp3) is 0.412. The van der Waals surface area contributed by atoms with Crippen LogP contribution >= 0.6 is 0 Å². The summed E-state index contributed by atoms with van der Waals surface area (Å²) in [4.78, 5) is 19.9. The molecular formula is C17H21N3O3. The Morgan fingerprint density at radius 3 is 2.78 bits per heavy atom. The number of carbonyl (C=O) groups excluding carboxylic acids is 1. The zero-order valence-electron chi connectivity index (χ0n) is 13.2. The molecule has 2 heterocycles. The van der Waals surface area contributed by atoms with Gasteiger partial charge in [-0.1, -0.05) is 18.2 Å². The van der Waals surface area contributed by atoms with Crippen LogP contribution in [0.1, 0.15) is 12.5 Å². The van der Waals surface area contributed by atoms with Crippen molar-refractivity contribution in [2.75, 3.05) is 32.8 Å². The van der Waals surface area contributed by atoms with E-state index in [9.17, 15) is 9.90 Å². The third-order valence-corrected chi connectivity index (χ3v) is 4.12. The number of rotatable bonds is 3. The van der Waals surface area contributed by atoms with E-state index in [4.69, 9.17) is 4.74 Å². The molecule has 0 radical (unpaired) electrons. The number of pyridine rings is 1. The lowest BCUT2D eigenvalue weighted by Gasteiger charge is -2.34. The molecular weight excluding hydrogens is 294 g/mol. The van der Waals surface area contributed by atoms with Crippen LogP contribution in [0.5, 0.6) is 5.75 Å². The first kappa shape index (κ1) is 15.6. The van der Waals surface area contributed by atoms with Gasteiger partial charge >= 0.3 is 6.09 Å². The Labute approximate surface area is 135 Å². The standard InChI is InChI=1S/C17H21N3O3/c1-2-23-17(22)20-10-8-19(9-11-20)12-14-6-5-13-4-3-7-18-15(13)16(14)21/h3-7,21H,2,8-12H2,1H3. The number of hydrogen-bond acceptors (Lipinski definition) is 5. The fourth-order valence-corrected chi connectivity index (χ4v) is 2.84. The van der Waals surface area contributed by atoms with Crippen LogP contribution in [0.25, 0.3) is 10.9 Å². The van der Waals surface area contributed by atoms with Crippen LogP contribution in [0.2, 0.25) is 0 Å². The van der Waals surface area contributed by atoms with Crippen molar-refractivity contribution in [3.8, 4) is 5.75 Å². The number of phenolic OH excluding ortho intramolecular Hbond substituents is 1. The van der Waals surface area contributed by atoms with Crippen molar-refractivity contribution in [3.63, 3.8) is 0 Å². The minimum absolute atomic E-state index is 0.245. The number of nitrogens with zero attached hydrogens (tertiary/aromatic N) is 3. The monoisotopic (exact) mass is 315 g/mol. The Balaban J connectivity index is 1.65. The number of aromatic nitrogens is 1. The van der Waals surface area contributed by atoms with Gasteiger partial charge in [-0.25, -0.2) is 4.79 Å². The minimum atomic E-state index is -0.245. The van der Waals surface area contributed by atoms with Crippen molar-refractivity contribution in [2.24, 2.45) is 0 Å². The highest BCUT2D eigenvalue weighted by Gasteiger charge is 2.22. The Morgan fingerprint density at radius 2 is 2.04 bits per heavy atom. The number of hydrogen-bond donors (Lipinski definition) is 1. The van der Waals surface area contributed by atoms with Crippen molar-refractivity contribution in [2.45, 2.75) is 13.5 Å². The van der Waals surface area contributed by atoms with Crippen LogP contribution in [-0.2, 0) is 11.3 Å². The Kier molecular flexibility index (Phi) is 4.62. The van der Waals surface area contributed by atoms with E-state index in [2.05, 4.69) is 9.88 Å². The Hall–Kier alpha value is -2.34. The van der Waals surface area contributed by atoms with Gasteiger partial charge in [0.05, 0.1) is 6.61 Å². The summed E-state index contributed by atoms with van der Waals surface area (Å²) >= 11 is 0. The summed E-state index contributed by atoms with van der Waals surface area (Å²) in [7, 11) is 0. The molecule has 1 N–H and O–H groups in total. The molecule has 0 bridgehead atoms. The van der Waals surface area contributed by atoms with E-state index in [-0.39, 0.29) is 11.8 Å². The number of phenols is 1. The molecule has 1 aromatic heterocycles. The first-order chi connectivity index (χ1) is 11.2. The molecule has 23 heavy (non-hydrogen) atoms. The molecule has 0 unspecified atom stereocenters. The largest absolute Gasteiger partial charge is 0.505 e. The van der Waals surface area contributed by atoms with Crippen LogP contribution in [0.3, 0.4) is 0 Å². The van der Waals surface area contributed by atoms with Gasteiger partial charge in [-0.3, -0.25) is 9.88 Å². The molecule has 3 rings (SSSR count). The van der Waals surface area contributed by atoms with Crippen molar-refractivity contribution in [1.82, 2.24) is 14.8 Å². The molecule has 1 fully saturated rings. The lowest BCUT2D eigenvalue weighted by atomic mass is 10.1. The highest BCUT2D eigenvalue weighted by atomic mass is 16.6. The van der Waals surface area contributed by atoms with Gasteiger partial charge < -0.3 is 14.7 Å². The summed E-state index contributed by atoms with van der Waals surface area (Å²) in [6.45, 7) is 5.67. The maximum atomic E-state index is 11.7. The number of ether oxygens (including phenoxy) is 1.